The van der Waals surface area contributed by atoms with Crippen LogP contribution in [0.4, 0.5) is 0 Å². The number of piperazine rings is 1. The van der Waals surface area contributed by atoms with E-state index in [2.05, 4.69) is 47.8 Å². The van der Waals surface area contributed by atoms with Gasteiger partial charge in [0.15, 0.2) is 0 Å². The lowest BCUT2D eigenvalue weighted by molar-refractivity contribution is -0.138. The third kappa shape index (κ3) is 4.06. The topological polar surface area (TPSA) is 52.7 Å². The van der Waals surface area contributed by atoms with Crippen LogP contribution in [0.2, 0.25) is 0 Å². The average molecular weight is 392 g/mol. The Labute approximate surface area is 172 Å². The van der Waals surface area contributed by atoms with Crippen molar-refractivity contribution in [1.82, 2.24) is 15.1 Å². The number of hydrogen-bond acceptors (Lipinski definition) is 3. The summed E-state index contributed by atoms with van der Waals surface area (Å²) in [5, 5.41) is 2.93. The van der Waals surface area contributed by atoms with Crippen LogP contribution in [0.3, 0.4) is 0 Å². The van der Waals surface area contributed by atoms with Crippen LogP contribution in [-0.4, -0.2) is 53.8 Å². The molecule has 4 rings (SSSR count). The fourth-order valence-electron chi connectivity index (χ4n) is 4.68. The Morgan fingerprint density at radius 3 is 2.59 bits per heavy atom. The van der Waals surface area contributed by atoms with Crippen molar-refractivity contribution in [2.24, 2.45) is 5.92 Å². The van der Waals surface area contributed by atoms with E-state index < -0.39 is 0 Å². The molecular weight excluding hydrogens is 362 g/mol. The van der Waals surface area contributed by atoms with E-state index in [0.717, 1.165) is 0 Å². The summed E-state index contributed by atoms with van der Waals surface area (Å²) in [4.78, 5) is 29.6. The first-order valence-corrected chi connectivity index (χ1v) is 10.5. The Morgan fingerprint density at radius 1 is 1.10 bits per heavy atom. The minimum absolute atomic E-state index is 0.0326. The van der Waals surface area contributed by atoms with Gasteiger partial charge in [0.05, 0.1) is 12.6 Å². The van der Waals surface area contributed by atoms with Gasteiger partial charge in [-0.2, -0.15) is 0 Å². The van der Waals surface area contributed by atoms with Crippen molar-refractivity contribution >= 4 is 11.8 Å². The lowest BCUT2D eigenvalue weighted by Gasteiger charge is -2.40. The van der Waals surface area contributed by atoms with E-state index in [1.165, 1.54) is 16.7 Å². The van der Waals surface area contributed by atoms with Gasteiger partial charge in [0.25, 0.3) is 0 Å². The summed E-state index contributed by atoms with van der Waals surface area (Å²) in [6.07, 6.45) is 0. The van der Waals surface area contributed by atoms with Gasteiger partial charge in [0, 0.05) is 32.1 Å². The summed E-state index contributed by atoms with van der Waals surface area (Å²) in [6.45, 7) is 6.99. The van der Waals surface area contributed by atoms with Gasteiger partial charge in [-0.1, -0.05) is 68.4 Å². The standard InChI is InChI=1S/C24H29N3O2/c1-17(2)23-24(29)25-12-13-26(23)16-22(28)27-14-19-10-6-7-11-20(19)21(15-27)18-8-4-3-5-9-18/h3-11,17,21,23H,12-16H2,1-2H3,(H,25,29). The molecule has 0 spiro atoms. The van der Waals surface area contributed by atoms with Crippen molar-refractivity contribution in [3.05, 3.63) is 71.3 Å². The first kappa shape index (κ1) is 19.6. The highest BCUT2D eigenvalue weighted by atomic mass is 16.2. The molecule has 2 aromatic carbocycles. The summed E-state index contributed by atoms with van der Waals surface area (Å²) >= 11 is 0. The maximum absolute atomic E-state index is 13.3. The zero-order valence-corrected chi connectivity index (χ0v) is 17.2. The second-order valence-corrected chi connectivity index (χ2v) is 8.39. The molecule has 0 aliphatic carbocycles. The van der Waals surface area contributed by atoms with E-state index in [4.69, 9.17) is 0 Å². The van der Waals surface area contributed by atoms with Crippen molar-refractivity contribution in [2.75, 3.05) is 26.2 Å². The molecule has 2 aromatic rings. The average Bonchev–Trinajstić information content (AvgIpc) is 2.73. The Bertz CT molecular complexity index is 881. The zero-order valence-electron chi connectivity index (χ0n) is 17.2. The maximum atomic E-state index is 13.3. The normalized spacial score (nSPS) is 22.3. The molecule has 0 bridgehead atoms. The van der Waals surface area contributed by atoms with Crippen LogP contribution in [0.5, 0.6) is 0 Å². The monoisotopic (exact) mass is 391 g/mol. The van der Waals surface area contributed by atoms with Gasteiger partial charge in [-0.15, -0.1) is 0 Å². The SMILES string of the molecule is CC(C)C1C(=O)NCCN1CC(=O)N1Cc2ccccc2C(c2ccccc2)C1. The molecule has 0 radical (unpaired) electrons. The molecule has 2 unspecified atom stereocenters. The van der Waals surface area contributed by atoms with Crippen LogP contribution in [0.15, 0.2) is 54.6 Å². The van der Waals surface area contributed by atoms with E-state index in [1.54, 1.807) is 0 Å². The number of rotatable bonds is 4. The molecule has 29 heavy (non-hydrogen) atoms. The predicted molar refractivity (Wildman–Crippen MR) is 113 cm³/mol. The van der Waals surface area contributed by atoms with Crippen molar-refractivity contribution in [2.45, 2.75) is 32.4 Å². The summed E-state index contributed by atoms with van der Waals surface area (Å²) < 4.78 is 0. The summed E-state index contributed by atoms with van der Waals surface area (Å²) in [5.41, 5.74) is 3.74. The van der Waals surface area contributed by atoms with Crippen LogP contribution in [-0.2, 0) is 16.1 Å². The van der Waals surface area contributed by atoms with Crippen LogP contribution < -0.4 is 5.32 Å². The molecule has 0 saturated carbocycles. The second-order valence-electron chi connectivity index (χ2n) is 8.39. The summed E-state index contributed by atoms with van der Waals surface area (Å²) in [6, 6.07) is 18.6. The van der Waals surface area contributed by atoms with Gasteiger partial charge in [-0.05, 0) is 22.6 Å². The highest BCUT2D eigenvalue weighted by Crippen LogP contribution is 2.33. The molecular formula is C24H29N3O2. The molecule has 1 saturated heterocycles. The quantitative estimate of drug-likeness (QED) is 0.872. The van der Waals surface area contributed by atoms with E-state index in [1.807, 2.05) is 35.8 Å². The van der Waals surface area contributed by atoms with Gasteiger partial charge in [-0.3, -0.25) is 14.5 Å². The van der Waals surface area contributed by atoms with Gasteiger partial charge < -0.3 is 10.2 Å². The van der Waals surface area contributed by atoms with Crippen LogP contribution in [0, 0.1) is 5.92 Å². The van der Waals surface area contributed by atoms with Crippen LogP contribution >= 0.6 is 0 Å². The lowest BCUT2D eigenvalue weighted by Crippen LogP contribution is -2.59. The van der Waals surface area contributed by atoms with Gasteiger partial charge in [0.1, 0.15) is 0 Å². The summed E-state index contributed by atoms with van der Waals surface area (Å²) in [7, 11) is 0. The predicted octanol–water partition coefficient (Wildman–Crippen LogP) is 2.62. The molecule has 1 N–H and O–H groups in total. The number of nitrogens with one attached hydrogen (secondary N) is 1. The minimum atomic E-state index is -0.241. The van der Waals surface area contributed by atoms with Crippen molar-refractivity contribution in [1.29, 1.82) is 0 Å². The Balaban J connectivity index is 1.56. The Hall–Kier alpha value is -2.66. The molecule has 2 heterocycles. The molecule has 2 amide bonds. The fraction of sp³-hybridized carbons (Fsp3) is 0.417. The molecule has 5 heteroatoms. The first-order chi connectivity index (χ1) is 14.0. The zero-order chi connectivity index (χ0) is 20.4. The third-order valence-electron chi connectivity index (χ3n) is 6.08. The molecule has 5 nitrogen and oxygen atoms in total. The number of benzene rings is 2. The van der Waals surface area contributed by atoms with Gasteiger partial charge >= 0.3 is 0 Å². The molecule has 0 aromatic heterocycles. The second kappa shape index (κ2) is 8.37. The van der Waals surface area contributed by atoms with Gasteiger partial charge in [0.2, 0.25) is 11.8 Å². The van der Waals surface area contributed by atoms with E-state index in [-0.39, 0.29) is 29.7 Å². The molecule has 1 fully saturated rings. The fourth-order valence-corrected chi connectivity index (χ4v) is 4.68. The Morgan fingerprint density at radius 2 is 1.83 bits per heavy atom. The van der Waals surface area contributed by atoms with Gasteiger partial charge in [-0.25, -0.2) is 0 Å². The smallest absolute Gasteiger partial charge is 0.237 e. The number of hydrogen-bond donors (Lipinski definition) is 1. The number of carbonyl (C=O) groups is 2. The Kier molecular flexibility index (Phi) is 5.67. The largest absolute Gasteiger partial charge is 0.353 e. The third-order valence-corrected chi connectivity index (χ3v) is 6.08. The van der Waals surface area contributed by atoms with E-state index >= 15 is 0 Å². The number of fused-ring (bicyclic) bond motifs is 1. The van der Waals surface area contributed by atoms with E-state index in [0.29, 0.717) is 32.7 Å². The molecule has 2 aliphatic rings. The first-order valence-electron chi connectivity index (χ1n) is 10.5. The van der Waals surface area contributed by atoms with Crippen LogP contribution in [0.25, 0.3) is 0 Å². The number of nitrogens with zero attached hydrogens (tertiary/aromatic N) is 2. The molecule has 2 aliphatic heterocycles. The molecule has 152 valence electrons. The number of amides is 2. The minimum Gasteiger partial charge on any atom is -0.353 e. The summed E-state index contributed by atoms with van der Waals surface area (Å²) in [5.74, 6) is 0.476. The van der Waals surface area contributed by atoms with E-state index in [9.17, 15) is 9.59 Å². The van der Waals surface area contributed by atoms with Crippen molar-refractivity contribution < 1.29 is 9.59 Å². The highest BCUT2D eigenvalue weighted by molar-refractivity contribution is 5.85. The van der Waals surface area contributed by atoms with Crippen molar-refractivity contribution in [3.63, 3.8) is 0 Å². The molecule has 2 atom stereocenters. The highest BCUT2D eigenvalue weighted by Gasteiger charge is 2.35. The lowest BCUT2D eigenvalue weighted by atomic mass is 9.84. The van der Waals surface area contributed by atoms with Crippen molar-refractivity contribution in [3.8, 4) is 0 Å². The maximum Gasteiger partial charge on any atom is 0.237 e. The van der Waals surface area contributed by atoms with Crippen LogP contribution in [0.1, 0.15) is 36.5 Å². The number of carbonyl (C=O) groups excluding carboxylic acids is 2.